The molecule has 1 aliphatic heterocycles. The van der Waals surface area contributed by atoms with Gasteiger partial charge in [-0.3, -0.25) is 4.79 Å². The Morgan fingerprint density at radius 1 is 1.17 bits per heavy atom. The smallest absolute Gasteiger partial charge is 0.252 e. The lowest BCUT2D eigenvalue weighted by Crippen LogP contribution is -2.29. The zero-order valence-electron chi connectivity index (χ0n) is 17.0. The molecule has 2 aromatic carbocycles. The number of carbonyl (C=O) groups excluding carboxylic acids is 1. The standard InChI is InChI=1S/C22H27ClN2O4S/c1-17(18-8-3-2-4-9-18)29-15-7-12-24-22(26)20-16-19(10-11-21(20)23)30(27,28)25-13-5-6-14-25/h2-4,8-11,16-17H,5-7,12-15H2,1H3,(H,24,26). The molecular weight excluding hydrogens is 424 g/mol. The van der Waals surface area contributed by atoms with Crippen LogP contribution in [0, 0.1) is 0 Å². The number of hydrogen-bond acceptors (Lipinski definition) is 4. The van der Waals surface area contributed by atoms with Crippen LogP contribution in [0.25, 0.3) is 0 Å². The number of halogens is 1. The van der Waals surface area contributed by atoms with Crippen molar-refractivity contribution in [3.05, 3.63) is 64.7 Å². The van der Waals surface area contributed by atoms with E-state index < -0.39 is 15.9 Å². The SMILES string of the molecule is CC(OCCCNC(=O)c1cc(S(=O)(=O)N2CCCC2)ccc1Cl)c1ccccc1. The molecule has 0 aliphatic carbocycles. The maximum Gasteiger partial charge on any atom is 0.252 e. The number of carbonyl (C=O) groups is 1. The third kappa shape index (κ3) is 5.60. The summed E-state index contributed by atoms with van der Waals surface area (Å²) < 4.78 is 32.7. The normalized spacial score (nSPS) is 15.8. The lowest BCUT2D eigenvalue weighted by atomic mass is 10.1. The quantitative estimate of drug-likeness (QED) is 0.585. The minimum Gasteiger partial charge on any atom is -0.374 e. The molecule has 1 heterocycles. The number of ether oxygens (including phenoxy) is 1. The van der Waals surface area contributed by atoms with Crippen LogP contribution >= 0.6 is 11.6 Å². The molecule has 1 saturated heterocycles. The highest BCUT2D eigenvalue weighted by atomic mass is 35.5. The fourth-order valence-corrected chi connectivity index (χ4v) is 5.11. The Bertz CT molecular complexity index is 960. The van der Waals surface area contributed by atoms with E-state index in [2.05, 4.69) is 5.32 Å². The molecule has 1 aliphatic rings. The summed E-state index contributed by atoms with van der Waals surface area (Å²) in [7, 11) is -3.60. The van der Waals surface area contributed by atoms with Crippen molar-refractivity contribution in [3.8, 4) is 0 Å². The van der Waals surface area contributed by atoms with Gasteiger partial charge in [-0.1, -0.05) is 41.9 Å². The number of amides is 1. The van der Waals surface area contributed by atoms with Crippen molar-refractivity contribution < 1.29 is 17.9 Å². The molecule has 1 amide bonds. The predicted molar refractivity (Wildman–Crippen MR) is 117 cm³/mol. The third-order valence-corrected chi connectivity index (χ3v) is 7.35. The van der Waals surface area contributed by atoms with Gasteiger partial charge in [-0.2, -0.15) is 4.31 Å². The van der Waals surface area contributed by atoms with Gasteiger partial charge >= 0.3 is 0 Å². The van der Waals surface area contributed by atoms with Crippen LogP contribution in [0.1, 0.15) is 48.2 Å². The monoisotopic (exact) mass is 450 g/mol. The largest absolute Gasteiger partial charge is 0.374 e. The highest BCUT2D eigenvalue weighted by Crippen LogP contribution is 2.25. The molecule has 0 aromatic heterocycles. The Labute approximate surface area is 183 Å². The number of nitrogens with zero attached hydrogens (tertiary/aromatic N) is 1. The van der Waals surface area contributed by atoms with Crippen LogP contribution in [0.4, 0.5) is 0 Å². The van der Waals surface area contributed by atoms with Crippen LogP contribution in [0.5, 0.6) is 0 Å². The Hall–Kier alpha value is -1.93. The van der Waals surface area contributed by atoms with Crippen LogP contribution < -0.4 is 5.32 Å². The van der Waals surface area contributed by atoms with Crippen molar-refractivity contribution in [2.75, 3.05) is 26.2 Å². The van der Waals surface area contributed by atoms with Crippen molar-refractivity contribution in [2.45, 2.75) is 37.2 Å². The lowest BCUT2D eigenvalue weighted by Gasteiger charge is -2.16. The van der Waals surface area contributed by atoms with E-state index in [1.165, 1.54) is 22.5 Å². The Morgan fingerprint density at radius 3 is 2.57 bits per heavy atom. The first kappa shape index (κ1) is 22.7. The summed E-state index contributed by atoms with van der Waals surface area (Å²) in [6.07, 6.45) is 2.31. The van der Waals surface area contributed by atoms with Gasteiger partial charge in [0.25, 0.3) is 5.91 Å². The van der Waals surface area contributed by atoms with Gasteiger partial charge in [-0.15, -0.1) is 0 Å². The second-order valence-corrected chi connectivity index (χ2v) is 9.63. The van der Waals surface area contributed by atoms with Gasteiger partial charge in [0.05, 0.1) is 21.6 Å². The average molecular weight is 451 g/mol. The maximum absolute atomic E-state index is 12.7. The van der Waals surface area contributed by atoms with E-state index in [0.717, 1.165) is 18.4 Å². The van der Waals surface area contributed by atoms with Crippen molar-refractivity contribution >= 4 is 27.5 Å². The Kier molecular flexibility index (Phi) is 7.88. The second-order valence-electron chi connectivity index (χ2n) is 7.29. The average Bonchev–Trinajstić information content (AvgIpc) is 3.30. The maximum atomic E-state index is 12.7. The van der Waals surface area contributed by atoms with Gasteiger partial charge in [0, 0.05) is 26.2 Å². The molecule has 3 rings (SSSR count). The van der Waals surface area contributed by atoms with Crippen LogP contribution in [-0.2, 0) is 14.8 Å². The minimum atomic E-state index is -3.60. The van der Waals surface area contributed by atoms with Gasteiger partial charge in [0.15, 0.2) is 0 Å². The van der Waals surface area contributed by atoms with Gasteiger partial charge < -0.3 is 10.1 Å². The molecule has 30 heavy (non-hydrogen) atoms. The lowest BCUT2D eigenvalue weighted by molar-refractivity contribution is 0.0635. The number of sulfonamides is 1. The summed E-state index contributed by atoms with van der Waals surface area (Å²) in [6, 6.07) is 14.2. The molecule has 2 aromatic rings. The summed E-state index contributed by atoms with van der Waals surface area (Å²) in [6.45, 7) is 3.90. The molecule has 0 radical (unpaired) electrons. The van der Waals surface area contributed by atoms with Crippen molar-refractivity contribution in [1.29, 1.82) is 0 Å². The zero-order valence-corrected chi connectivity index (χ0v) is 18.6. The topological polar surface area (TPSA) is 75.7 Å². The second kappa shape index (κ2) is 10.4. The number of rotatable bonds is 9. The molecule has 8 heteroatoms. The van der Waals surface area contributed by atoms with Gasteiger partial charge in [-0.05, 0) is 49.9 Å². The van der Waals surface area contributed by atoms with E-state index in [0.29, 0.717) is 32.7 Å². The van der Waals surface area contributed by atoms with Gasteiger partial charge in [0.1, 0.15) is 0 Å². The first-order valence-electron chi connectivity index (χ1n) is 10.1. The van der Waals surface area contributed by atoms with E-state index in [1.807, 2.05) is 37.3 Å². The minimum absolute atomic E-state index is 0.0242. The third-order valence-electron chi connectivity index (χ3n) is 5.13. The fourth-order valence-electron chi connectivity index (χ4n) is 3.37. The van der Waals surface area contributed by atoms with E-state index in [9.17, 15) is 13.2 Å². The molecule has 1 fully saturated rings. The van der Waals surface area contributed by atoms with E-state index in [-0.39, 0.29) is 21.6 Å². The molecular formula is C22H27ClN2O4S. The first-order chi connectivity index (χ1) is 14.4. The number of benzene rings is 2. The highest BCUT2D eigenvalue weighted by molar-refractivity contribution is 7.89. The summed E-state index contributed by atoms with van der Waals surface area (Å²) in [5, 5.41) is 3.01. The van der Waals surface area contributed by atoms with Crippen molar-refractivity contribution in [2.24, 2.45) is 0 Å². The Balaban J connectivity index is 1.52. The summed E-state index contributed by atoms with van der Waals surface area (Å²) >= 11 is 6.16. The van der Waals surface area contributed by atoms with Gasteiger partial charge in [0.2, 0.25) is 10.0 Å². The first-order valence-corrected chi connectivity index (χ1v) is 12.0. The molecule has 0 saturated carbocycles. The zero-order chi connectivity index (χ0) is 21.6. The van der Waals surface area contributed by atoms with Crippen LogP contribution in [-0.4, -0.2) is 44.9 Å². The predicted octanol–water partition coefficient (Wildman–Crippen LogP) is 4.02. The van der Waals surface area contributed by atoms with Gasteiger partial charge in [-0.25, -0.2) is 8.42 Å². The van der Waals surface area contributed by atoms with Crippen LogP contribution in [0.3, 0.4) is 0 Å². The molecule has 162 valence electrons. The van der Waals surface area contributed by atoms with Crippen LogP contribution in [0.2, 0.25) is 5.02 Å². The van der Waals surface area contributed by atoms with E-state index in [4.69, 9.17) is 16.3 Å². The molecule has 1 N–H and O–H groups in total. The molecule has 1 atom stereocenters. The molecule has 0 bridgehead atoms. The van der Waals surface area contributed by atoms with E-state index >= 15 is 0 Å². The molecule has 6 nitrogen and oxygen atoms in total. The Morgan fingerprint density at radius 2 is 1.87 bits per heavy atom. The summed E-state index contributed by atoms with van der Waals surface area (Å²) in [4.78, 5) is 12.6. The fraction of sp³-hybridized carbons (Fsp3) is 0.409. The molecule has 1 unspecified atom stereocenters. The van der Waals surface area contributed by atoms with Crippen LogP contribution in [0.15, 0.2) is 53.4 Å². The number of nitrogens with one attached hydrogen (secondary N) is 1. The van der Waals surface area contributed by atoms with Crippen molar-refractivity contribution in [1.82, 2.24) is 9.62 Å². The van der Waals surface area contributed by atoms with E-state index in [1.54, 1.807) is 0 Å². The summed E-state index contributed by atoms with van der Waals surface area (Å²) in [5.74, 6) is -0.394. The number of hydrogen-bond donors (Lipinski definition) is 1. The summed E-state index contributed by atoms with van der Waals surface area (Å²) in [5.41, 5.74) is 1.26. The molecule has 0 spiro atoms. The highest BCUT2D eigenvalue weighted by Gasteiger charge is 2.28. The van der Waals surface area contributed by atoms with Crippen molar-refractivity contribution in [3.63, 3.8) is 0 Å².